The molecule has 0 radical (unpaired) electrons. The van der Waals surface area contributed by atoms with Crippen molar-refractivity contribution in [2.24, 2.45) is 0 Å². The van der Waals surface area contributed by atoms with Crippen LogP contribution in [0.15, 0.2) is 83.7 Å². The Bertz CT molecular complexity index is 1810. The fourth-order valence-corrected chi connectivity index (χ4v) is 5.68. The first-order valence-corrected chi connectivity index (χ1v) is 18.7. The Labute approximate surface area is 261 Å². The molecule has 3 aromatic carbocycles. The number of hydrogen-bond donors (Lipinski definition) is 0. The van der Waals surface area contributed by atoms with Crippen LogP contribution in [0.3, 0.4) is 0 Å². The van der Waals surface area contributed by atoms with Crippen molar-refractivity contribution in [3.05, 3.63) is 100 Å². The summed E-state index contributed by atoms with van der Waals surface area (Å²) in [4.78, 5) is 23.5. The molecule has 0 saturated heterocycles. The summed E-state index contributed by atoms with van der Waals surface area (Å²) < 4.78 is 55.9. The molecular weight excluding hydrogens is 597 g/mol. The van der Waals surface area contributed by atoms with Gasteiger partial charge in [0.15, 0.2) is 11.2 Å². The summed E-state index contributed by atoms with van der Waals surface area (Å²) in [5.74, 6) is 1.29. The van der Waals surface area contributed by atoms with Gasteiger partial charge in [0.1, 0.15) is 30.7 Å². The molecule has 236 valence electrons. The van der Waals surface area contributed by atoms with E-state index in [-0.39, 0.29) is 41.4 Å². The van der Waals surface area contributed by atoms with Gasteiger partial charge in [-0.25, -0.2) is 9.97 Å². The first-order valence-electron chi connectivity index (χ1n) is 15.0. The average Bonchev–Trinajstić information content (AvgIpc) is 3.38. The molecule has 0 aliphatic heterocycles. The van der Waals surface area contributed by atoms with Gasteiger partial charge in [-0.05, 0) is 54.4 Å². The van der Waals surface area contributed by atoms with E-state index in [1.54, 1.807) is 4.57 Å². The minimum atomic E-state index is -4.53. The van der Waals surface area contributed by atoms with Gasteiger partial charge >= 0.3 is 6.18 Å². The summed E-state index contributed by atoms with van der Waals surface area (Å²) >= 11 is 0. The van der Waals surface area contributed by atoms with Crippen LogP contribution in [0.1, 0.15) is 24.5 Å². The number of halogens is 3. The standard InChI is InChI=1S/C34H37F3N4O3Si/c1-5-18-40-32(26-12-9-13-27(21-26)34(35,36)37)39-30-29(33(40)42)41(23-43-19-20-45(2,3)4)31(38-30)25-14-16-28(17-15-25)44-22-24-10-7-6-8-11-24/h6-17,21H,5,18-20,22-23H2,1-4H3. The molecule has 7 nitrogen and oxygen atoms in total. The number of ether oxygens (including phenoxy) is 2. The summed E-state index contributed by atoms with van der Waals surface area (Å²) in [6.45, 7) is 9.99. The summed E-state index contributed by atoms with van der Waals surface area (Å²) in [6, 6.07) is 23.1. The van der Waals surface area contributed by atoms with E-state index in [0.29, 0.717) is 31.2 Å². The second kappa shape index (κ2) is 13.4. The normalized spacial score (nSPS) is 12.2. The minimum Gasteiger partial charge on any atom is -0.489 e. The summed E-state index contributed by atoms with van der Waals surface area (Å²) in [5.41, 5.74) is 1.15. The lowest BCUT2D eigenvalue weighted by Crippen LogP contribution is -2.26. The number of imidazole rings is 1. The molecule has 45 heavy (non-hydrogen) atoms. The van der Waals surface area contributed by atoms with Gasteiger partial charge in [0, 0.05) is 32.4 Å². The second-order valence-corrected chi connectivity index (χ2v) is 17.8. The van der Waals surface area contributed by atoms with Crippen LogP contribution in [0, 0.1) is 0 Å². The number of rotatable bonds is 12. The zero-order valence-corrected chi connectivity index (χ0v) is 26.9. The molecule has 0 atom stereocenters. The summed E-state index contributed by atoms with van der Waals surface area (Å²) in [7, 11) is -1.37. The largest absolute Gasteiger partial charge is 0.489 e. The van der Waals surface area contributed by atoms with Crippen molar-refractivity contribution in [3.63, 3.8) is 0 Å². The van der Waals surface area contributed by atoms with Gasteiger partial charge < -0.3 is 9.47 Å². The van der Waals surface area contributed by atoms with Crippen molar-refractivity contribution in [3.8, 4) is 28.5 Å². The second-order valence-electron chi connectivity index (χ2n) is 12.2. The maximum absolute atomic E-state index is 14.1. The first-order chi connectivity index (χ1) is 21.4. The van der Waals surface area contributed by atoms with Gasteiger partial charge in [0.2, 0.25) is 0 Å². The van der Waals surface area contributed by atoms with Gasteiger partial charge in [-0.3, -0.25) is 13.9 Å². The molecule has 11 heteroatoms. The zero-order valence-electron chi connectivity index (χ0n) is 25.9. The predicted molar refractivity (Wildman–Crippen MR) is 173 cm³/mol. The van der Waals surface area contributed by atoms with Crippen LogP contribution in [0.25, 0.3) is 33.9 Å². The first kappa shape index (κ1) is 32.2. The molecule has 0 N–H and O–H groups in total. The Morgan fingerprint density at radius 1 is 0.844 bits per heavy atom. The van der Waals surface area contributed by atoms with Crippen LogP contribution in [0.2, 0.25) is 25.7 Å². The van der Waals surface area contributed by atoms with Crippen molar-refractivity contribution in [1.29, 1.82) is 0 Å². The van der Waals surface area contributed by atoms with Crippen molar-refractivity contribution in [2.45, 2.75) is 65.1 Å². The van der Waals surface area contributed by atoms with Gasteiger partial charge in [-0.2, -0.15) is 13.2 Å². The van der Waals surface area contributed by atoms with Crippen LogP contribution >= 0.6 is 0 Å². The van der Waals surface area contributed by atoms with Crippen molar-refractivity contribution >= 4 is 19.2 Å². The lowest BCUT2D eigenvalue weighted by atomic mass is 10.1. The molecule has 5 aromatic rings. The quantitative estimate of drug-likeness (QED) is 0.102. The van der Waals surface area contributed by atoms with E-state index in [1.807, 2.05) is 61.5 Å². The third kappa shape index (κ3) is 7.72. The van der Waals surface area contributed by atoms with E-state index in [2.05, 4.69) is 19.6 Å². The fraction of sp³-hybridized carbons (Fsp3) is 0.324. The molecule has 5 rings (SSSR count). The topological polar surface area (TPSA) is 71.2 Å². The van der Waals surface area contributed by atoms with E-state index in [4.69, 9.17) is 19.4 Å². The molecule has 0 bridgehead atoms. The number of fused-ring (bicyclic) bond motifs is 1. The number of alkyl halides is 3. The van der Waals surface area contributed by atoms with Crippen LogP contribution in [-0.2, 0) is 30.8 Å². The SMILES string of the molecule is CCCn1c(-c2cccc(C(F)(F)F)c2)nc2nc(-c3ccc(OCc4ccccc4)cc3)n(COCC[Si](C)(C)C)c2c1=O. The Morgan fingerprint density at radius 3 is 2.18 bits per heavy atom. The van der Waals surface area contributed by atoms with Gasteiger partial charge in [0.05, 0.1) is 5.56 Å². The van der Waals surface area contributed by atoms with Crippen molar-refractivity contribution in [2.75, 3.05) is 6.61 Å². The summed E-state index contributed by atoms with van der Waals surface area (Å²) in [5, 5.41) is 0. The number of benzene rings is 3. The van der Waals surface area contributed by atoms with Gasteiger partial charge in [-0.1, -0.05) is 69.0 Å². The van der Waals surface area contributed by atoms with Crippen LogP contribution in [-0.4, -0.2) is 33.8 Å². The molecule has 0 unspecified atom stereocenters. The van der Waals surface area contributed by atoms with Gasteiger partial charge in [0.25, 0.3) is 5.56 Å². The number of nitrogens with zero attached hydrogens (tertiary/aromatic N) is 4. The van der Waals surface area contributed by atoms with Crippen molar-refractivity contribution < 1.29 is 22.6 Å². The van der Waals surface area contributed by atoms with Crippen LogP contribution < -0.4 is 10.3 Å². The lowest BCUT2D eigenvalue weighted by molar-refractivity contribution is -0.137. The minimum absolute atomic E-state index is 0.0779. The Balaban J connectivity index is 1.58. The third-order valence-corrected chi connectivity index (χ3v) is 9.04. The van der Waals surface area contributed by atoms with E-state index >= 15 is 0 Å². The maximum Gasteiger partial charge on any atom is 0.416 e. The Morgan fingerprint density at radius 2 is 1.53 bits per heavy atom. The monoisotopic (exact) mass is 634 g/mol. The van der Waals surface area contributed by atoms with Crippen LogP contribution in [0.4, 0.5) is 13.2 Å². The molecule has 0 amide bonds. The molecule has 0 spiro atoms. The highest BCUT2D eigenvalue weighted by Crippen LogP contribution is 2.32. The highest BCUT2D eigenvalue weighted by molar-refractivity contribution is 6.76. The Kier molecular flexibility index (Phi) is 9.59. The van der Waals surface area contributed by atoms with Crippen molar-refractivity contribution in [1.82, 2.24) is 19.1 Å². The third-order valence-electron chi connectivity index (χ3n) is 7.34. The van der Waals surface area contributed by atoms with E-state index < -0.39 is 19.8 Å². The van der Waals surface area contributed by atoms with Gasteiger partial charge in [-0.15, -0.1) is 0 Å². The van der Waals surface area contributed by atoms with E-state index in [0.717, 1.165) is 29.3 Å². The number of aromatic nitrogens is 4. The maximum atomic E-state index is 14.1. The van der Waals surface area contributed by atoms with E-state index in [9.17, 15) is 18.0 Å². The molecule has 0 fully saturated rings. The highest BCUT2D eigenvalue weighted by Gasteiger charge is 2.31. The molecule has 0 aliphatic carbocycles. The van der Waals surface area contributed by atoms with Crippen LogP contribution in [0.5, 0.6) is 5.75 Å². The molecule has 2 aromatic heterocycles. The molecular formula is C34H37F3N4O3Si. The Hall–Kier alpha value is -4.22. The number of hydrogen-bond acceptors (Lipinski definition) is 5. The average molecular weight is 635 g/mol. The highest BCUT2D eigenvalue weighted by atomic mass is 28.3. The molecule has 2 heterocycles. The summed E-state index contributed by atoms with van der Waals surface area (Å²) in [6.07, 6.45) is -3.95. The molecule has 0 aliphatic rings. The fourth-order valence-electron chi connectivity index (χ4n) is 4.92. The van der Waals surface area contributed by atoms with E-state index in [1.165, 1.54) is 16.7 Å². The zero-order chi connectivity index (χ0) is 32.2. The lowest BCUT2D eigenvalue weighted by Gasteiger charge is -2.17. The molecule has 0 saturated carbocycles. The predicted octanol–water partition coefficient (Wildman–Crippen LogP) is 8.25. The smallest absolute Gasteiger partial charge is 0.416 e.